The molecule has 2 aromatic rings. The smallest absolute Gasteiger partial charge is 0.155 e. The molecule has 0 radical (unpaired) electrons. The Balaban J connectivity index is 2.38. The van der Waals surface area contributed by atoms with Gasteiger partial charge >= 0.3 is 0 Å². The van der Waals surface area contributed by atoms with E-state index in [0.717, 1.165) is 10.3 Å². The zero-order valence-corrected chi connectivity index (χ0v) is 9.77. The summed E-state index contributed by atoms with van der Waals surface area (Å²) in [5.41, 5.74) is 1.37. The number of aliphatic hydroxyl groups excluding tert-OH is 1. The van der Waals surface area contributed by atoms with Crippen molar-refractivity contribution in [2.75, 3.05) is 13.6 Å². The van der Waals surface area contributed by atoms with E-state index < -0.39 is 6.10 Å². The normalized spacial score (nSPS) is 13.3. The number of rotatable bonds is 3. The lowest BCUT2D eigenvalue weighted by Crippen LogP contribution is -2.16. The third-order valence-electron chi connectivity index (χ3n) is 2.07. The van der Waals surface area contributed by atoms with Gasteiger partial charge < -0.3 is 14.8 Å². The Morgan fingerprint density at radius 1 is 1.60 bits per heavy atom. The first-order valence-corrected chi connectivity index (χ1v) is 5.33. The summed E-state index contributed by atoms with van der Waals surface area (Å²) >= 11 is 3.27. The maximum atomic E-state index is 9.72. The van der Waals surface area contributed by atoms with Crippen molar-refractivity contribution in [3.63, 3.8) is 0 Å². The fourth-order valence-electron chi connectivity index (χ4n) is 1.35. The molecule has 6 heteroatoms. The molecule has 1 unspecified atom stereocenters. The Morgan fingerprint density at radius 2 is 2.40 bits per heavy atom. The van der Waals surface area contributed by atoms with E-state index in [0.29, 0.717) is 12.2 Å². The number of nitrogens with one attached hydrogen (secondary N) is 1. The van der Waals surface area contributed by atoms with Crippen molar-refractivity contribution in [1.82, 2.24) is 19.7 Å². The summed E-state index contributed by atoms with van der Waals surface area (Å²) < 4.78 is 2.56. The summed E-state index contributed by atoms with van der Waals surface area (Å²) in [5.74, 6) is 0. The van der Waals surface area contributed by atoms with E-state index in [1.54, 1.807) is 25.6 Å². The Bertz CT molecular complexity index is 470. The average Bonchev–Trinajstić information content (AvgIpc) is 2.60. The first-order valence-electron chi connectivity index (χ1n) is 4.53. The lowest BCUT2D eigenvalue weighted by Gasteiger charge is -2.04. The van der Waals surface area contributed by atoms with Gasteiger partial charge in [-0.05, 0) is 23.0 Å². The lowest BCUT2D eigenvalue weighted by molar-refractivity contribution is 0.173. The number of halogens is 1. The highest BCUT2D eigenvalue weighted by Crippen LogP contribution is 2.14. The number of aromatic nitrogens is 3. The van der Waals surface area contributed by atoms with Crippen LogP contribution in [0.25, 0.3) is 5.65 Å². The summed E-state index contributed by atoms with van der Waals surface area (Å²) in [4.78, 5) is 8.32. The van der Waals surface area contributed by atoms with Crippen LogP contribution >= 0.6 is 15.9 Å². The minimum Gasteiger partial charge on any atom is -0.385 e. The molecule has 0 aromatic carbocycles. The van der Waals surface area contributed by atoms with Gasteiger partial charge in [-0.3, -0.25) is 0 Å². The second-order valence-electron chi connectivity index (χ2n) is 3.21. The molecule has 80 valence electrons. The second-order valence-corrected chi connectivity index (χ2v) is 4.03. The molecular weight excluding hydrogens is 260 g/mol. The summed E-state index contributed by atoms with van der Waals surface area (Å²) in [7, 11) is 1.79. The Morgan fingerprint density at radius 3 is 3.13 bits per heavy atom. The Labute approximate surface area is 95.3 Å². The molecular formula is C9H11BrN4O. The Kier molecular flexibility index (Phi) is 2.99. The number of hydrogen-bond donors (Lipinski definition) is 2. The average molecular weight is 271 g/mol. The van der Waals surface area contributed by atoms with Crippen LogP contribution in [0.1, 0.15) is 11.8 Å². The van der Waals surface area contributed by atoms with Gasteiger partial charge in [0, 0.05) is 18.9 Å². The molecule has 5 nitrogen and oxygen atoms in total. The van der Waals surface area contributed by atoms with E-state index in [1.807, 2.05) is 4.40 Å². The van der Waals surface area contributed by atoms with Crippen LogP contribution in [0.3, 0.4) is 0 Å². The maximum Gasteiger partial charge on any atom is 0.155 e. The van der Waals surface area contributed by atoms with Gasteiger partial charge in [-0.15, -0.1) is 0 Å². The molecule has 2 aromatic heterocycles. The molecule has 2 rings (SSSR count). The molecule has 0 aliphatic heterocycles. The molecule has 2 N–H and O–H groups in total. The van der Waals surface area contributed by atoms with Crippen molar-refractivity contribution in [3.8, 4) is 0 Å². The highest BCUT2D eigenvalue weighted by molar-refractivity contribution is 9.10. The SMILES string of the molecule is CNCC(O)c1cn2cc(Br)ncc2n1. The van der Waals surface area contributed by atoms with Gasteiger partial charge in [0.15, 0.2) is 5.65 Å². The molecule has 0 fully saturated rings. The molecule has 0 saturated heterocycles. The highest BCUT2D eigenvalue weighted by Gasteiger charge is 2.10. The van der Waals surface area contributed by atoms with Gasteiger partial charge in [0.25, 0.3) is 0 Å². The quantitative estimate of drug-likeness (QED) is 0.864. The van der Waals surface area contributed by atoms with Crippen LogP contribution in [-0.2, 0) is 0 Å². The van der Waals surface area contributed by atoms with Crippen molar-refractivity contribution in [3.05, 3.63) is 28.9 Å². The van der Waals surface area contributed by atoms with Crippen LogP contribution in [0.2, 0.25) is 0 Å². The predicted molar refractivity (Wildman–Crippen MR) is 59.6 cm³/mol. The van der Waals surface area contributed by atoms with Gasteiger partial charge in [-0.2, -0.15) is 0 Å². The van der Waals surface area contributed by atoms with Crippen molar-refractivity contribution in [2.24, 2.45) is 0 Å². The number of aliphatic hydroxyl groups is 1. The minimum absolute atomic E-state index is 0.485. The summed E-state index contributed by atoms with van der Waals surface area (Å²) in [6.07, 6.45) is 4.66. The zero-order valence-electron chi connectivity index (χ0n) is 8.18. The van der Waals surface area contributed by atoms with Gasteiger partial charge in [0.2, 0.25) is 0 Å². The van der Waals surface area contributed by atoms with Crippen molar-refractivity contribution in [1.29, 1.82) is 0 Å². The van der Waals surface area contributed by atoms with Crippen molar-refractivity contribution >= 4 is 21.6 Å². The van der Waals surface area contributed by atoms with Gasteiger partial charge in [-0.1, -0.05) is 0 Å². The van der Waals surface area contributed by atoms with E-state index in [9.17, 15) is 5.11 Å². The van der Waals surface area contributed by atoms with E-state index >= 15 is 0 Å². The van der Waals surface area contributed by atoms with Crippen molar-refractivity contribution < 1.29 is 5.11 Å². The van der Waals surface area contributed by atoms with Crippen LogP contribution in [-0.4, -0.2) is 33.1 Å². The number of likely N-dealkylation sites (N-methyl/N-ethyl adjacent to an activating group) is 1. The van der Waals surface area contributed by atoms with E-state index in [4.69, 9.17) is 0 Å². The lowest BCUT2D eigenvalue weighted by atomic mass is 10.3. The van der Waals surface area contributed by atoms with Gasteiger partial charge in [-0.25, -0.2) is 9.97 Å². The number of hydrogen-bond acceptors (Lipinski definition) is 4. The molecule has 2 heterocycles. The van der Waals surface area contributed by atoms with Crippen LogP contribution in [0.15, 0.2) is 23.2 Å². The van der Waals surface area contributed by atoms with E-state index in [1.165, 1.54) is 0 Å². The van der Waals surface area contributed by atoms with Crippen molar-refractivity contribution in [2.45, 2.75) is 6.10 Å². The molecule has 0 amide bonds. The molecule has 0 aliphatic rings. The predicted octanol–water partition coefficient (Wildman–Crippen LogP) is 0.745. The molecule has 0 aliphatic carbocycles. The minimum atomic E-state index is -0.589. The number of fused-ring (bicyclic) bond motifs is 1. The first kappa shape index (κ1) is 10.5. The molecule has 1 atom stereocenters. The largest absolute Gasteiger partial charge is 0.385 e. The summed E-state index contributed by atoms with van der Waals surface area (Å²) in [6, 6.07) is 0. The van der Waals surface area contributed by atoms with E-state index in [2.05, 4.69) is 31.2 Å². The summed E-state index contributed by atoms with van der Waals surface area (Å²) in [6.45, 7) is 0.485. The van der Waals surface area contributed by atoms with Crippen LogP contribution in [0.5, 0.6) is 0 Å². The monoisotopic (exact) mass is 270 g/mol. The zero-order chi connectivity index (χ0) is 10.8. The highest BCUT2D eigenvalue weighted by atomic mass is 79.9. The molecule has 0 spiro atoms. The topological polar surface area (TPSA) is 62.5 Å². The standard InChI is InChI=1S/C9H11BrN4O/c1-11-2-7(15)6-4-14-5-8(10)12-3-9(14)13-6/h3-5,7,11,15H,2H2,1H3. The second kappa shape index (κ2) is 4.26. The fraction of sp³-hybridized carbons (Fsp3) is 0.333. The number of nitrogens with zero attached hydrogens (tertiary/aromatic N) is 3. The van der Waals surface area contributed by atoms with Crippen LogP contribution in [0, 0.1) is 0 Å². The third kappa shape index (κ3) is 2.17. The van der Waals surface area contributed by atoms with E-state index in [-0.39, 0.29) is 0 Å². The Hall–Kier alpha value is -0.980. The van der Waals surface area contributed by atoms with Crippen LogP contribution < -0.4 is 5.32 Å². The molecule has 15 heavy (non-hydrogen) atoms. The first-order chi connectivity index (χ1) is 7.20. The molecule has 0 bridgehead atoms. The summed E-state index contributed by atoms with van der Waals surface area (Å²) in [5, 5.41) is 12.6. The van der Waals surface area contributed by atoms with Crippen LogP contribution in [0.4, 0.5) is 0 Å². The maximum absolute atomic E-state index is 9.72. The van der Waals surface area contributed by atoms with Gasteiger partial charge in [0.1, 0.15) is 10.7 Å². The third-order valence-corrected chi connectivity index (χ3v) is 2.48. The van der Waals surface area contributed by atoms with Gasteiger partial charge in [0.05, 0.1) is 11.9 Å². The molecule has 0 saturated carbocycles. The number of imidazole rings is 1. The fourth-order valence-corrected chi connectivity index (χ4v) is 1.68.